The van der Waals surface area contributed by atoms with Gasteiger partial charge < -0.3 is 0 Å². The highest BCUT2D eigenvalue weighted by Crippen LogP contribution is 2.33. The molecule has 12 heteroatoms. The van der Waals surface area contributed by atoms with Crippen molar-refractivity contribution in [2.45, 2.75) is 6.18 Å². The lowest BCUT2D eigenvalue weighted by molar-refractivity contribution is -0.137. The van der Waals surface area contributed by atoms with Gasteiger partial charge in [0.15, 0.2) is 0 Å². The van der Waals surface area contributed by atoms with Gasteiger partial charge in [-0.25, -0.2) is 16.8 Å². The molecule has 120 valence electrons. The molecular formula is C9H8Br2F3NO4S2. The monoisotopic (exact) mass is 473 g/mol. The Balaban J connectivity index is 3.57. The molecule has 0 saturated carbocycles. The van der Waals surface area contributed by atoms with Crippen LogP contribution in [0, 0.1) is 0 Å². The van der Waals surface area contributed by atoms with Crippen molar-refractivity contribution >= 4 is 57.6 Å². The summed E-state index contributed by atoms with van der Waals surface area (Å²) >= 11 is 5.23. The molecule has 0 fully saturated rings. The molecular weight excluding hydrogens is 467 g/mol. The third-order valence-electron chi connectivity index (χ3n) is 2.17. The normalized spacial score (nSPS) is 13.2. The van der Waals surface area contributed by atoms with Crippen molar-refractivity contribution in [1.82, 2.24) is 0 Å². The van der Waals surface area contributed by atoms with Crippen molar-refractivity contribution in [1.29, 1.82) is 0 Å². The Morgan fingerprint density at radius 1 is 1.00 bits per heavy atom. The van der Waals surface area contributed by atoms with Crippen molar-refractivity contribution in [3.63, 3.8) is 0 Å². The number of hydrogen-bond acceptors (Lipinski definition) is 4. The maximum atomic E-state index is 12.7. The zero-order valence-corrected chi connectivity index (χ0v) is 14.8. The Morgan fingerprint density at radius 2 is 1.48 bits per heavy atom. The van der Waals surface area contributed by atoms with E-state index in [1.54, 1.807) is 0 Å². The van der Waals surface area contributed by atoms with Gasteiger partial charge in [0.1, 0.15) is 9.32 Å². The van der Waals surface area contributed by atoms with Crippen molar-refractivity contribution in [2.24, 2.45) is 0 Å². The number of benzene rings is 1. The molecule has 0 heterocycles. The highest BCUT2D eigenvalue weighted by atomic mass is 79.9. The largest absolute Gasteiger partial charge is 0.416 e. The minimum atomic E-state index is -4.72. The number of rotatable bonds is 5. The molecule has 0 aliphatic heterocycles. The summed E-state index contributed by atoms with van der Waals surface area (Å²) in [6, 6.07) is 3.07. The van der Waals surface area contributed by atoms with Gasteiger partial charge in [0, 0.05) is 0 Å². The zero-order chi connectivity index (χ0) is 16.5. The molecule has 0 aromatic heterocycles. The van der Waals surface area contributed by atoms with Gasteiger partial charge in [0.25, 0.3) is 20.0 Å². The van der Waals surface area contributed by atoms with Crippen molar-refractivity contribution in [3.05, 3.63) is 29.8 Å². The SMILES string of the molecule is O=S(=O)(CBr)N(c1cccc(C(F)(F)F)c1)S(=O)(=O)CBr. The van der Waals surface area contributed by atoms with Gasteiger partial charge in [-0.05, 0) is 18.2 Å². The minimum absolute atomic E-state index is 0.0290. The van der Waals surface area contributed by atoms with E-state index in [0.29, 0.717) is 12.1 Å². The summed E-state index contributed by atoms with van der Waals surface area (Å²) in [5, 5.41) is 0. The molecule has 1 rings (SSSR count). The first-order chi connectivity index (χ1) is 9.45. The van der Waals surface area contributed by atoms with Crippen LogP contribution in [0.15, 0.2) is 24.3 Å². The summed E-state index contributed by atoms with van der Waals surface area (Å²) in [6.07, 6.45) is -4.72. The molecule has 0 unspecified atom stereocenters. The summed E-state index contributed by atoms with van der Waals surface area (Å²) in [5.41, 5.74) is -1.76. The Kier molecular flexibility index (Phi) is 5.73. The molecule has 0 atom stereocenters. The lowest BCUT2D eigenvalue weighted by Crippen LogP contribution is -2.38. The fourth-order valence-corrected chi connectivity index (χ4v) is 6.17. The number of sulfonamides is 2. The van der Waals surface area contributed by atoms with Crippen LogP contribution in [-0.2, 0) is 26.2 Å². The van der Waals surface area contributed by atoms with Gasteiger partial charge in [-0.2, -0.15) is 16.9 Å². The van der Waals surface area contributed by atoms with E-state index >= 15 is 0 Å². The molecule has 1 aromatic carbocycles. The van der Waals surface area contributed by atoms with E-state index in [1.165, 1.54) is 0 Å². The van der Waals surface area contributed by atoms with Crippen LogP contribution in [0.4, 0.5) is 18.9 Å². The first kappa shape index (κ1) is 18.7. The molecule has 0 N–H and O–H groups in total. The number of alkyl halides is 5. The van der Waals surface area contributed by atoms with Crippen LogP contribution in [0.3, 0.4) is 0 Å². The highest BCUT2D eigenvalue weighted by Gasteiger charge is 2.36. The second kappa shape index (κ2) is 6.42. The fraction of sp³-hybridized carbons (Fsp3) is 0.333. The van der Waals surface area contributed by atoms with E-state index in [4.69, 9.17) is 0 Å². The Labute approximate surface area is 136 Å². The van der Waals surface area contributed by atoms with E-state index in [1.807, 2.05) is 0 Å². The van der Waals surface area contributed by atoms with Gasteiger partial charge >= 0.3 is 6.18 Å². The van der Waals surface area contributed by atoms with E-state index < -0.39 is 46.8 Å². The molecule has 0 bridgehead atoms. The van der Waals surface area contributed by atoms with Gasteiger partial charge in [-0.3, -0.25) is 0 Å². The van der Waals surface area contributed by atoms with Crippen LogP contribution < -0.4 is 3.71 Å². The predicted octanol–water partition coefficient (Wildman–Crippen LogP) is 2.88. The van der Waals surface area contributed by atoms with Crippen LogP contribution >= 0.6 is 31.9 Å². The molecule has 0 amide bonds. The Hall–Kier alpha value is -0.330. The lowest BCUT2D eigenvalue weighted by atomic mass is 10.2. The summed E-state index contributed by atoms with van der Waals surface area (Å²) in [4.78, 5) is 0. The fourth-order valence-electron chi connectivity index (χ4n) is 1.38. The first-order valence-electron chi connectivity index (χ1n) is 5.01. The molecule has 0 aliphatic rings. The highest BCUT2D eigenvalue weighted by molar-refractivity contribution is 9.11. The third-order valence-corrected chi connectivity index (χ3v) is 8.98. The van der Waals surface area contributed by atoms with E-state index in [2.05, 4.69) is 31.9 Å². The second-order valence-electron chi connectivity index (χ2n) is 3.69. The van der Waals surface area contributed by atoms with Crippen LogP contribution in [-0.4, -0.2) is 26.2 Å². The molecule has 0 radical (unpaired) electrons. The second-order valence-corrected chi connectivity index (χ2v) is 10.2. The Morgan fingerprint density at radius 3 is 1.86 bits per heavy atom. The zero-order valence-electron chi connectivity index (χ0n) is 10.0. The minimum Gasteiger partial charge on any atom is -0.205 e. The Bertz CT molecular complexity index is 685. The molecule has 0 saturated heterocycles. The van der Waals surface area contributed by atoms with Crippen molar-refractivity contribution in [2.75, 3.05) is 13.0 Å². The summed E-state index contributed by atoms with van der Waals surface area (Å²) in [5.74, 6) is 0. The summed E-state index contributed by atoms with van der Waals surface area (Å²) in [7, 11) is -8.76. The number of nitrogens with zero attached hydrogens (tertiary/aromatic N) is 1. The van der Waals surface area contributed by atoms with Gasteiger partial charge in [0.2, 0.25) is 0 Å². The van der Waals surface area contributed by atoms with E-state index in [0.717, 1.165) is 12.1 Å². The number of halogens is 5. The number of hydrogen-bond donors (Lipinski definition) is 0. The summed E-state index contributed by atoms with van der Waals surface area (Å²) in [6.45, 7) is 0. The summed E-state index contributed by atoms with van der Waals surface area (Å²) < 4.78 is 83.9. The molecule has 5 nitrogen and oxygen atoms in total. The average Bonchev–Trinajstić information content (AvgIpc) is 2.37. The van der Waals surface area contributed by atoms with Crippen LogP contribution in [0.1, 0.15) is 5.56 Å². The van der Waals surface area contributed by atoms with Crippen LogP contribution in [0.2, 0.25) is 0 Å². The van der Waals surface area contributed by atoms with Gasteiger partial charge in [-0.15, -0.1) is 0 Å². The third kappa shape index (κ3) is 4.33. The van der Waals surface area contributed by atoms with Gasteiger partial charge in [0.05, 0.1) is 11.3 Å². The molecule has 21 heavy (non-hydrogen) atoms. The van der Waals surface area contributed by atoms with Crippen LogP contribution in [0.25, 0.3) is 0 Å². The maximum absolute atomic E-state index is 12.7. The number of anilines is 1. The molecule has 0 spiro atoms. The van der Waals surface area contributed by atoms with E-state index in [9.17, 15) is 30.0 Å². The average molecular weight is 475 g/mol. The maximum Gasteiger partial charge on any atom is 0.416 e. The smallest absolute Gasteiger partial charge is 0.205 e. The van der Waals surface area contributed by atoms with Crippen LogP contribution in [0.5, 0.6) is 0 Å². The van der Waals surface area contributed by atoms with E-state index in [-0.39, 0.29) is 3.71 Å². The standard InChI is InChI=1S/C9H8Br2F3NO4S2/c10-5-20(16,17)15(21(18,19)6-11)8-3-1-2-7(4-8)9(12,13)14/h1-4H,5-6H2. The molecule has 1 aromatic rings. The topological polar surface area (TPSA) is 71.5 Å². The van der Waals surface area contributed by atoms with Crippen molar-refractivity contribution < 1.29 is 30.0 Å². The van der Waals surface area contributed by atoms with Crippen molar-refractivity contribution in [3.8, 4) is 0 Å². The molecule has 0 aliphatic carbocycles. The first-order valence-corrected chi connectivity index (χ1v) is 10.5. The lowest BCUT2D eigenvalue weighted by Gasteiger charge is -2.22. The quantitative estimate of drug-likeness (QED) is 0.615. The predicted molar refractivity (Wildman–Crippen MR) is 79.4 cm³/mol. The van der Waals surface area contributed by atoms with Gasteiger partial charge in [-0.1, -0.05) is 37.9 Å².